The van der Waals surface area contributed by atoms with E-state index in [1.54, 1.807) is 0 Å². The molecule has 2 heterocycles. The number of halogens is 1. The molecule has 0 aliphatic carbocycles. The van der Waals surface area contributed by atoms with Crippen molar-refractivity contribution in [3.63, 3.8) is 0 Å². The summed E-state index contributed by atoms with van der Waals surface area (Å²) in [6.45, 7) is 1.52. The number of aromatic nitrogens is 1. The lowest BCUT2D eigenvalue weighted by atomic mass is 9.94. The highest BCUT2D eigenvalue weighted by Gasteiger charge is 2.24. The molecule has 0 radical (unpaired) electrons. The fourth-order valence-electron chi connectivity index (χ4n) is 4.22. The van der Waals surface area contributed by atoms with Gasteiger partial charge in [0.15, 0.2) is 0 Å². The quantitative estimate of drug-likeness (QED) is 0.664. The Labute approximate surface area is 159 Å². The summed E-state index contributed by atoms with van der Waals surface area (Å²) in [6, 6.07) is 15.0. The number of hydrogen-bond donors (Lipinski definition) is 0. The molecule has 0 spiro atoms. The van der Waals surface area contributed by atoms with Gasteiger partial charge in [-0.1, -0.05) is 36.8 Å². The number of fused-ring (bicyclic) bond motifs is 1. The van der Waals surface area contributed by atoms with Gasteiger partial charge in [0.05, 0.1) is 6.42 Å². The van der Waals surface area contributed by atoms with E-state index in [9.17, 15) is 9.18 Å². The number of carbonyl (C=O) groups excluding carboxylic acids is 1. The molecular formula is C23H25FN2O. The van der Waals surface area contributed by atoms with Crippen LogP contribution in [0.3, 0.4) is 0 Å². The van der Waals surface area contributed by atoms with E-state index < -0.39 is 0 Å². The predicted molar refractivity (Wildman–Crippen MR) is 106 cm³/mol. The third-order valence-corrected chi connectivity index (χ3v) is 5.69. The Bertz CT molecular complexity index is 945. The van der Waals surface area contributed by atoms with Crippen molar-refractivity contribution in [2.45, 2.75) is 31.6 Å². The van der Waals surface area contributed by atoms with E-state index in [0.717, 1.165) is 54.4 Å². The average Bonchev–Trinajstić information content (AvgIpc) is 2.86. The molecule has 27 heavy (non-hydrogen) atoms. The van der Waals surface area contributed by atoms with E-state index >= 15 is 0 Å². The first-order chi connectivity index (χ1) is 13.1. The van der Waals surface area contributed by atoms with Crippen LogP contribution in [0.4, 0.5) is 4.39 Å². The standard InChI is InChI=1S/C23H25FN2O/c1-25-15-19(21-7-2-3-8-22(21)25)14-23(27)26-13-5-4-6-18(16-26)17-9-11-20(24)12-10-17/h2-3,7-12,15,18H,4-6,13-14,16H2,1H3. The Morgan fingerprint density at radius 3 is 2.70 bits per heavy atom. The minimum Gasteiger partial charge on any atom is -0.350 e. The van der Waals surface area contributed by atoms with Gasteiger partial charge < -0.3 is 9.47 Å². The van der Waals surface area contributed by atoms with Crippen LogP contribution < -0.4 is 0 Å². The first-order valence-electron chi connectivity index (χ1n) is 9.68. The molecule has 1 aliphatic heterocycles. The molecule has 0 bridgehead atoms. The monoisotopic (exact) mass is 364 g/mol. The SMILES string of the molecule is Cn1cc(CC(=O)N2CCCCC(c3ccc(F)cc3)C2)c2ccccc21. The highest BCUT2D eigenvalue weighted by Crippen LogP contribution is 2.28. The normalized spacial score (nSPS) is 17.9. The van der Waals surface area contributed by atoms with Gasteiger partial charge in [-0.2, -0.15) is 0 Å². The molecule has 3 aromatic rings. The highest BCUT2D eigenvalue weighted by molar-refractivity contribution is 5.89. The number of likely N-dealkylation sites (tertiary alicyclic amines) is 1. The molecule has 4 rings (SSSR count). The first-order valence-corrected chi connectivity index (χ1v) is 9.68. The molecular weight excluding hydrogens is 339 g/mol. The van der Waals surface area contributed by atoms with Crippen LogP contribution in [0.25, 0.3) is 10.9 Å². The van der Waals surface area contributed by atoms with E-state index in [-0.39, 0.29) is 17.6 Å². The van der Waals surface area contributed by atoms with Gasteiger partial charge in [-0.3, -0.25) is 4.79 Å². The summed E-state index contributed by atoms with van der Waals surface area (Å²) in [6.07, 6.45) is 5.66. The Kier molecular flexibility index (Phi) is 4.97. The zero-order valence-electron chi connectivity index (χ0n) is 15.7. The summed E-state index contributed by atoms with van der Waals surface area (Å²) >= 11 is 0. The van der Waals surface area contributed by atoms with Crippen molar-refractivity contribution in [2.75, 3.05) is 13.1 Å². The van der Waals surface area contributed by atoms with Crippen LogP contribution in [0.5, 0.6) is 0 Å². The summed E-state index contributed by atoms with van der Waals surface area (Å²) in [5, 5.41) is 1.15. The maximum Gasteiger partial charge on any atom is 0.227 e. The topological polar surface area (TPSA) is 25.2 Å². The summed E-state index contributed by atoms with van der Waals surface area (Å²) in [7, 11) is 2.02. The second-order valence-corrected chi connectivity index (χ2v) is 7.54. The Hall–Kier alpha value is -2.62. The van der Waals surface area contributed by atoms with Crippen LogP contribution in [0.1, 0.15) is 36.3 Å². The van der Waals surface area contributed by atoms with Crippen LogP contribution >= 0.6 is 0 Å². The molecule has 1 unspecified atom stereocenters. The molecule has 4 heteroatoms. The lowest BCUT2D eigenvalue weighted by Gasteiger charge is -2.25. The third-order valence-electron chi connectivity index (χ3n) is 5.69. The highest BCUT2D eigenvalue weighted by atomic mass is 19.1. The van der Waals surface area contributed by atoms with Crippen LogP contribution in [0.15, 0.2) is 54.7 Å². The number of aryl methyl sites for hydroxylation is 1. The fourth-order valence-corrected chi connectivity index (χ4v) is 4.22. The van der Waals surface area contributed by atoms with Crippen LogP contribution in [0, 0.1) is 5.82 Å². The van der Waals surface area contributed by atoms with E-state index in [1.807, 2.05) is 36.2 Å². The maximum absolute atomic E-state index is 13.2. The molecule has 3 nitrogen and oxygen atoms in total. The minimum atomic E-state index is -0.212. The Morgan fingerprint density at radius 1 is 1.11 bits per heavy atom. The molecule has 1 fully saturated rings. The molecule has 0 saturated carbocycles. The van der Waals surface area contributed by atoms with Crippen LogP contribution in [-0.4, -0.2) is 28.5 Å². The summed E-state index contributed by atoms with van der Waals surface area (Å²) < 4.78 is 15.3. The zero-order valence-corrected chi connectivity index (χ0v) is 15.7. The van der Waals surface area contributed by atoms with Crippen molar-refractivity contribution in [1.29, 1.82) is 0 Å². The van der Waals surface area contributed by atoms with Gasteiger partial charge in [-0.15, -0.1) is 0 Å². The second kappa shape index (κ2) is 7.55. The molecule has 1 aromatic heterocycles. The first kappa shape index (κ1) is 17.8. The summed E-state index contributed by atoms with van der Waals surface area (Å²) in [5.41, 5.74) is 3.36. The van der Waals surface area contributed by atoms with Crippen molar-refractivity contribution in [3.05, 3.63) is 71.7 Å². The van der Waals surface area contributed by atoms with Crippen molar-refractivity contribution < 1.29 is 9.18 Å². The third kappa shape index (κ3) is 3.75. The van der Waals surface area contributed by atoms with Gasteiger partial charge in [0.1, 0.15) is 5.82 Å². The fraction of sp³-hybridized carbons (Fsp3) is 0.348. The number of nitrogens with zero attached hydrogens (tertiary/aromatic N) is 2. The number of carbonyl (C=O) groups is 1. The van der Waals surface area contributed by atoms with Crippen molar-refractivity contribution in [2.24, 2.45) is 7.05 Å². The zero-order chi connectivity index (χ0) is 18.8. The number of para-hydroxylation sites is 1. The van der Waals surface area contributed by atoms with Crippen molar-refractivity contribution in [3.8, 4) is 0 Å². The molecule has 140 valence electrons. The largest absolute Gasteiger partial charge is 0.350 e. The van der Waals surface area contributed by atoms with Crippen molar-refractivity contribution >= 4 is 16.8 Å². The minimum absolute atomic E-state index is 0.181. The van der Waals surface area contributed by atoms with E-state index in [4.69, 9.17) is 0 Å². The number of benzene rings is 2. The van der Waals surface area contributed by atoms with Gasteiger partial charge in [-0.25, -0.2) is 4.39 Å². The van der Waals surface area contributed by atoms with Crippen LogP contribution in [-0.2, 0) is 18.3 Å². The van der Waals surface area contributed by atoms with Crippen molar-refractivity contribution in [1.82, 2.24) is 9.47 Å². The number of hydrogen-bond acceptors (Lipinski definition) is 1. The van der Waals surface area contributed by atoms with Crippen LogP contribution in [0.2, 0.25) is 0 Å². The molecule has 0 N–H and O–H groups in total. The maximum atomic E-state index is 13.2. The van der Waals surface area contributed by atoms with E-state index in [2.05, 4.69) is 22.9 Å². The smallest absolute Gasteiger partial charge is 0.227 e. The van der Waals surface area contributed by atoms with Gasteiger partial charge in [0.25, 0.3) is 0 Å². The summed E-state index contributed by atoms with van der Waals surface area (Å²) in [5.74, 6) is 0.251. The molecule has 1 saturated heterocycles. The molecule has 1 atom stereocenters. The van der Waals surface area contributed by atoms with Gasteiger partial charge in [-0.05, 0) is 42.2 Å². The Morgan fingerprint density at radius 2 is 1.89 bits per heavy atom. The van der Waals surface area contributed by atoms with E-state index in [1.165, 1.54) is 12.1 Å². The molecule has 2 aromatic carbocycles. The van der Waals surface area contributed by atoms with E-state index in [0.29, 0.717) is 6.42 Å². The number of rotatable bonds is 3. The van der Waals surface area contributed by atoms with Gasteiger partial charge >= 0.3 is 0 Å². The average molecular weight is 364 g/mol. The summed E-state index contributed by atoms with van der Waals surface area (Å²) in [4.78, 5) is 15.1. The Balaban J connectivity index is 1.52. The number of amides is 1. The van der Waals surface area contributed by atoms with Gasteiger partial charge in [0, 0.05) is 43.2 Å². The lowest BCUT2D eigenvalue weighted by molar-refractivity contribution is -0.130. The lowest BCUT2D eigenvalue weighted by Crippen LogP contribution is -2.35. The molecule has 1 aliphatic rings. The second-order valence-electron chi connectivity index (χ2n) is 7.54. The molecule has 1 amide bonds. The predicted octanol–water partition coefficient (Wildman–Crippen LogP) is 4.66. The van der Waals surface area contributed by atoms with Gasteiger partial charge in [0.2, 0.25) is 5.91 Å².